The summed E-state index contributed by atoms with van der Waals surface area (Å²) in [5.74, 6) is -0.897. The highest BCUT2D eigenvalue weighted by molar-refractivity contribution is 7.20. The summed E-state index contributed by atoms with van der Waals surface area (Å²) in [6, 6.07) is 16.7. The Morgan fingerprint density at radius 1 is 1.08 bits per heavy atom. The Balaban J connectivity index is 1.79. The Bertz CT molecular complexity index is 890. The number of hydrogen-bond donors (Lipinski definition) is 3. The molecule has 3 N–H and O–H groups in total. The van der Waals surface area contributed by atoms with Crippen LogP contribution >= 0.6 is 11.3 Å². The van der Waals surface area contributed by atoms with Crippen molar-refractivity contribution < 1.29 is 14.8 Å². The summed E-state index contributed by atoms with van der Waals surface area (Å²) < 4.78 is 0.860. The van der Waals surface area contributed by atoms with Crippen LogP contribution in [-0.2, 0) is 4.79 Å². The van der Waals surface area contributed by atoms with Crippen LogP contribution in [0.1, 0.15) is 28.1 Å². The van der Waals surface area contributed by atoms with E-state index in [4.69, 9.17) is 5.21 Å². The summed E-state index contributed by atoms with van der Waals surface area (Å²) in [7, 11) is 0. The van der Waals surface area contributed by atoms with Gasteiger partial charge < -0.3 is 5.32 Å². The van der Waals surface area contributed by atoms with E-state index in [-0.39, 0.29) is 11.8 Å². The quantitative estimate of drug-likeness (QED) is 0.500. The molecule has 3 aromatic rings. The third-order valence-electron chi connectivity index (χ3n) is 3.81. The standard InChI is InChI=1S/C18H16N2O3S/c1-11(12-5-3-2-4-6-12)17(21)19-14-8-7-13-9-16(18(22)20-23)24-15(13)10-14/h2-11,23H,1H3,(H,19,21)(H,20,22). The van der Waals surface area contributed by atoms with Crippen LogP contribution in [0.4, 0.5) is 5.69 Å². The van der Waals surface area contributed by atoms with Gasteiger partial charge in [-0.15, -0.1) is 11.3 Å². The molecule has 1 heterocycles. The average molecular weight is 340 g/mol. The Kier molecular flexibility index (Phi) is 4.59. The van der Waals surface area contributed by atoms with E-state index in [1.165, 1.54) is 11.3 Å². The molecule has 0 radical (unpaired) electrons. The lowest BCUT2D eigenvalue weighted by Crippen LogP contribution is -2.18. The number of carbonyl (C=O) groups excluding carboxylic acids is 2. The number of rotatable bonds is 4. The van der Waals surface area contributed by atoms with E-state index in [1.54, 1.807) is 17.6 Å². The van der Waals surface area contributed by atoms with Crippen LogP contribution in [0.15, 0.2) is 54.6 Å². The molecule has 0 saturated heterocycles. The van der Waals surface area contributed by atoms with Crippen molar-refractivity contribution in [1.29, 1.82) is 0 Å². The van der Waals surface area contributed by atoms with E-state index in [0.29, 0.717) is 10.6 Å². The summed E-state index contributed by atoms with van der Waals surface area (Å²) in [4.78, 5) is 24.3. The van der Waals surface area contributed by atoms with E-state index in [9.17, 15) is 9.59 Å². The van der Waals surface area contributed by atoms with Gasteiger partial charge in [0.2, 0.25) is 5.91 Å². The van der Waals surface area contributed by atoms with E-state index in [1.807, 2.05) is 49.4 Å². The van der Waals surface area contributed by atoms with Crippen molar-refractivity contribution in [3.63, 3.8) is 0 Å². The molecule has 1 atom stereocenters. The number of hydroxylamine groups is 1. The van der Waals surface area contributed by atoms with Gasteiger partial charge in [0, 0.05) is 10.4 Å². The minimum Gasteiger partial charge on any atom is -0.326 e. The highest BCUT2D eigenvalue weighted by Crippen LogP contribution is 2.29. The van der Waals surface area contributed by atoms with Gasteiger partial charge in [-0.2, -0.15) is 0 Å². The van der Waals surface area contributed by atoms with Gasteiger partial charge in [-0.3, -0.25) is 14.8 Å². The second-order valence-corrected chi connectivity index (χ2v) is 6.51. The summed E-state index contributed by atoms with van der Waals surface area (Å²) >= 11 is 1.25. The fourth-order valence-electron chi connectivity index (χ4n) is 2.42. The fraction of sp³-hybridized carbons (Fsp3) is 0.111. The minimum atomic E-state index is -0.542. The van der Waals surface area contributed by atoms with Gasteiger partial charge in [-0.05, 0) is 36.1 Å². The highest BCUT2D eigenvalue weighted by atomic mass is 32.1. The average Bonchev–Trinajstić information content (AvgIpc) is 3.04. The summed E-state index contributed by atoms with van der Waals surface area (Å²) in [5.41, 5.74) is 3.25. The molecule has 0 fully saturated rings. The van der Waals surface area contributed by atoms with Crippen LogP contribution in [0, 0.1) is 0 Å². The van der Waals surface area contributed by atoms with Crippen LogP contribution in [-0.4, -0.2) is 17.0 Å². The number of nitrogens with one attached hydrogen (secondary N) is 2. The van der Waals surface area contributed by atoms with Gasteiger partial charge in [0.15, 0.2) is 0 Å². The molecule has 0 aliphatic rings. The Hall–Kier alpha value is -2.70. The molecule has 0 saturated carbocycles. The van der Waals surface area contributed by atoms with Crippen molar-refractivity contribution in [3.05, 3.63) is 65.0 Å². The lowest BCUT2D eigenvalue weighted by Gasteiger charge is -2.12. The maximum absolute atomic E-state index is 12.4. The summed E-state index contributed by atoms with van der Waals surface area (Å²) in [6.07, 6.45) is 0. The highest BCUT2D eigenvalue weighted by Gasteiger charge is 2.16. The fourth-order valence-corrected chi connectivity index (χ4v) is 3.41. The normalized spacial score (nSPS) is 11.9. The Morgan fingerprint density at radius 3 is 2.54 bits per heavy atom. The minimum absolute atomic E-state index is 0.0922. The van der Waals surface area contributed by atoms with Crippen molar-refractivity contribution in [3.8, 4) is 0 Å². The predicted octanol–water partition coefficient (Wildman–Crippen LogP) is 3.76. The van der Waals surface area contributed by atoms with E-state index in [2.05, 4.69) is 5.32 Å². The van der Waals surface area contributed by atoms with Gasteiger partial charge >= 0.3 is 0 Å². The molecule has 2 aromatic carbocycles. The van der Waals surface area contributed by atoms with E-state index < -0.39 is 5.91 Å². The first-order chi connectivity index (χ1) is 11.6. The Morgan fingerprint density at radius 2 is 1.83 bits per heavy atom. The first-order valence-corrected chi connectivity index (χ1v) is 8.24. The zero-order valence-electron chi connectivity index (χ0n) is 12.9. The molecule has 3 rings (SSSR count). The van der Waals surface area contributed by atoms with Gasteiger partial charge in [-0.25, -0.2) is 5.48 Å². The number of thiophene rings is 1. The SMILES string of the molecule is CC(C(=O)Nc1ccc2cc(C(=O)NO)sc2c1)c1ccccc1. The van der Waals surface area contributed by atoms with Crippen molar-refractivity contribution in [2.24, 2.45) is 0 Å². The molecular formula is C18H16N2O3S. The molecule has 122 valence electrons. The third-order valence-corrected chi connectivity index (χ3v) is 4.90. The number of hydrogen-bond acceptors (Lipinski definition) is 4. The first-order valence-electron chi connectivity index (χ1n) is 7.42. The van der Waals surface area contributed by atoms with Crippen LogP contribution in [0.25, 0.3) is 10.1 Å². The topological polar surface area (TPSA) is 78.4 Å². The second-order valence-electron chi connectivity index (χ2n) is 5.43. The summed E-state index contributed by atoms with van der Waals surface area (Å²) in [5, 5.41) is 12.5. The van der Waals surface area contributed by atoms with Crippen LogP contribution < -0.4 is 10.8 Å². The molecule has 0 aliphatic heterocycles. The van der Waals surface area contributed by atoms with Crippen molar-refractivity contribution in [2.45, 2.75) is 12.8 Å². The molecule has 0 spiro atoms. The molecule has 0 bridgehead atoms. The maximum atomic E-state index is 12.4. The zero-order valence-corrected chi connectivity index (χ0v) is 13.8. The lowest BCUT2D eigenvalue weighted by molar-refractivity contribution is -0.117. The maximum Gasteiger partial charge on any atom is 0.284 e. The van der Waals surface area contributed by atoms with Crippen LogP contribution in [0.2, 0.25) is 0 Å². The van der Waals surface area contributed by atoms with Gasteiger partial charge in [0.1, 0.15) is 0 Å². The number of anilines is 1. The largest absolute Gasteiger partial charge is 0.326 e. The molecule has 0 aliphatic carbocycles. The predicted molar refractivity (Wildman–Crippen MR) is 94.6 cm³/mol. The van der Waals surface area contributed by atoms with Crippen LogP contribution in [0.3, 0.4) is 0 Å². The smallest absolute Gasteiger partial charge is 0.284 e. The number of carbonyl (C=O) groups is 2. The van der Waals surface area contributed by atoms with Gasteiger partial charge in [0.25, 0.3) is 5.91 Å². The van der Waals surface area contributed by atoms with Crippen molar-refractivity contribution in [2.75, 3.05) is 5.32 Å². The number of amides is 2. The van der Waals surface area contributed by atoms with E-state index in [0.717, 1.165) is 15.6 Å². The lowest BCUT2D eigenvalue weighted by atomic mass is 10.0. The monoisotopic (exact) mass is 340 g/mol. The molecule has 5 nitrogen and oxygen atoms in total. The summed E-state index contributed by atoms with van der Waals surface area (Å²) in [6.45, 7) is 1.86. The Labute approximate surface area is 142 Å². The zero-order chi connectivity index (χ0) is 17.1. The molecule has 24 heavy (non-hydrogen) atoms. The van der Waals surface area contributed by atoms with Gasteiger partial charge in [-0.1, -0.05) is 36.4 Å². The van der Waals surface area contributed by atoms with Gasteiger partial charge in [0.05, 0.1) is 10.8 Å². The first kappa shape index (κ1) is 16.2. The number of fused-ring (bicyclic) bond motifs is 1. The van der Waals surface area contributed by atoms with E-state index >= 15 is 0 Å². The number of benzene rings is 2. The molecule has 6 heteroatoms. The molecule has 1 aromatic heterocycles. The molecule has 2 amide bonds. The van der Waals surface area contributed by atoms with Crippen molar-refractivity contribution >= 4 is 38.9 Å². The second kappa shape index (κ2) is 6.82. The van der Waals surface area contributed by atoms with Crippen LogP contribution in [0.5, 0.6) is 0 Å². The molecular weight excluding hydrogens is 324 g/mol. The third kappa shape index (κ3) is 3.29. The molecule has 1 unspecified atom stereocenters. The van der Waals surface area contributed by atoms with Crippen molar-refractivity contribution in [1.82, 2.24) is 5.48 Å².